The van der Waals surface area contributed by atoms with Crippen molar-refractivity contribution in [1.82, 2.24) is 25.0 Å². The monoisotopic (exact) mass is 218 g/mol. The fraction of sp³-hybridized carbons (Fsp3) is 0.111. The SMILES string of the molecule is Cn1nccc1C=CC(=O)Nc1ncn[nH]1. The van der Waals surface area contributed by atoms with Gasteiger partial charge in [0, 0.05) is 19.3 Å². The van der Waals surface area contributed by atoms with E-state index in [0.717, 1.165) is 5.69 Å². The lowest BCUT2D eigenvalue weighted by Crippen LogP contribution is -2.09. The van der Waals surface area contributed by atoms with E-state index in [2.05, 4.69) is 25.6 Å². The molecular weight excluding hydrogens is 208 g/mol. The van der Waals surface area contributed by atoms with E-state index in [0.29, 0.717) is 5.95 Å². The third kappa shape index (κ3) is 2.32. The molecule has 0 atom stereocenters. The van der Waals surface area contributed by atoms with Crippen molar-refractivity contribution in [2.45, 2.75) is 0 Å². The van der Waals surface area contributed by atoms with Gasteiger partial charge in [0.1, 0.15) is 6.33 Å². The Morgan fingerprint density at radius 1 is 1.62 bits per heavy atom. The second-order valence-electron chi connectivity index (χ2n) is 3.04. The Bertz CT molecular complexity index is 498. The molecule has 0 aliphatic carbocycles. The smallest absolute Gasteiger partial charge is 0.250 e. The van der Waals surface area contributed by atoms with E-state index in [1.807, 2.05) is 0 Å². The molecule has 0 saturated carbocycles. The molecule has 0 aromatic carbocycles. The van der Waals surface area contributed by atoms with Crippen LogP contribution in [0.25, 0.3) is 6.08 Å². The van der Waals surface area contributed by atoms with E-state index >= 15 is 0 Å². The molecule has 2 rings (SSSR count). The average molecular weight is 218 g/mol. The maximum atomic E-state index is 11.4. The maximum absolute atomic E-state index is 11.4. The quantitative estimate of drug-likeness (QED) is 0.720. The van der Waals surface area contributed by atoms with Gasteiger partial charge in [-0.25, -0.2) is 5.10 Å². The first-order valence-electron chi connectivity index (χ1n) is 4.58. The number of aromatic amines is 1. The first kappa shape index (κ1) is 10.1. The number of anilines is 1. The summed E-state index contributed by atoms with van der Waals surface area (Å²) in [6, 6.07) is 1.80. The van der Waals surface area contributed by atoms with Gasteiger partial charge in [0.25, 0.3) is 5.91 Å². The maximum Gasteiger partial charge on any atom is 0.250 e. The molecule has 0 aliphatic heterocycles. The van der Waals surface area contributed by atoms with Crippen molar-refractivity contribution in [3.63, 3.8) is 0 Å². The summed E-state index contributed by atoms with van der Waals surface area (Å²) in [6.45, 7) is 0. The van der Waals surface area contributed by atoms with Crippen LogP contribution in [0.15, 0.2) is 24.7 Å². The van der Waals surface area contributed by atoms with Gasteiger partial charge < -0.3 is 0 Å². The Kier molecular flexibility index (Phi) is 2.77. The van der Waals surface area contributed by atoms with E-state index in [1.54, 1.807) is 30.1 Å². The topological polar surface area (TPSA) is 88.5 Å². The van der Waals surface area contributed by atoms with Crippen LogP contribution in [0.3, 0.4) is 0 Å². The largest absolute Gasteiger partial charge is 0.291 e. The van der Waals surface area contributed by atoms with Crippen molar-refractivity contribution in [2.75, 3.05) is 5.32 Å². The zero-order chi connectivity index (χ0) is 11.4. The molecule has 0 unspecified atom stereocenters. The third-order valence-corrected chi connectivity index (χ3v) is 1.92. The van der Waals surface area contributed by atoms with Crippen molar-refractivity contribution in [3.8, 4) is 0 Å². The first-order valence-corrected chi connectivity index (χ1v) is 4.58. The Morgan fingerprint density at radius 2 is 2.50 bits per heavy atom. The van der Waals surface area contributed by atoms with Gasteiger partial charge in [0.2, 0.25) is 5.95 Å². The number of carbonyl (C=O) groups excluding carboxylic acids is 1. The minimum Gasteiger partial charge on any atom is -0.291 e. The number of amides is 1. The lowest BCUT2D eigenvalue weighted by atomic mass is 10.3. The predicted molar refractivity (Wildman–Crippen MR) is 57.3 cm³/mol. The minimum atomic E-state index is -0.280. The van der Waals surface area contributed by atoms with Crippen molar-refractivity contribution < 1.29 is 4.79 Å². The summed E-state index contributed by atoms with van der Waals surface area (Å²) < 4.78 is 1.66. The van der Waals surface area contributed by atoms with Crippen molar-refractivity contribution in [3.05, 3.63) is 30.4 Å². The highest BCUT2D eigenvalue weighted by Crippen LogP contribution is 2.00. The van der Waals surface area contributed by atoms with Crippen molar-refractivity contribution in [2.24, 2.45) is 7.05 Å². The molecule has 2 aromatic rings. The zero-order valence-corrected chi connectivity index (χ0v) is 8.58. The van der Waals surface area contributed by atoms with Crippen molar-refractivity contribution in [1.29, 1.82) is 0 Å². The Balaban J connectivity index is 1.98. The number of carbonyl (C=O) groups is 1. The molecule has 0 fully saturated rings. The summed E-state index contributed by atoms with van der Waals surface area (Å²) >= 11 is 0. The number of aromatic nitrogens is 5. The van der Waals surface area contributed by atoms with E-state index in [4.69, 9.17) is 0 Å². The number of hydrogen-bond acceptors (Lipinski definition) is 4. The van der Waals surface area contributed by atoms with Crippen molar-refractivity contribution >= 4 is 17.9 Å². The molecular formula is C9H10N6O. The number of hydrogen-bond donors (Lipinski definition) is 2. The lowest BCUT2D eigenvalue weighted by Gasteiger charge is -1.95. The van der Waals surface area contributed by atoms with Crippen LogP contribution in [0.2, 0.25) is 0 Å². The van der Waals surface area contributed by atoms with Gasteiger partial charge in [-0.3, -0.25) is 14.8 Å². The fourth-order valence-corrected chi connectivity index (χ4v) is 1.13. The van der Waals surface area contributed by atoms with Crippen LogP contribution in [0.5, 0.6) is 0 Å². The Morgan fingerprint density at radius 3 is 3.12 bits per heavy atom. The van der Waals surface area contributed by atoms with Crippen LogP contribution in [0.1, 0.15) is 5.69 Å². The summed E-state index contributed by atoms with van der Waals surface area (Å²) in [4.78, 5) is 15.2. The predicted octanol–water partition coefficient (Wildman–Crippen LogP) is 0.190. The van der Waals surface area contributed by atoms with Crippen LogP contribution < -0.4 is 5.32 Å². The molecule has 0 aliphatic rings. The van der Waals surface area contributed by atoms with Gasteiger partial charge in [0.05, 0.1) is 5.69 Å². The normalized spacial score (nSPS) is 10.8. The summed E-state index contributed by atoms with van der Waals surface area (Å²) in [5, 5.41) is 12.6. The molecule has 2 heterocycles. The second-order valence-corrected chi connectivity index (χ2v) is 3.04. The molecule has 0 radical (unpaired) electrons. The number of nitrogens with zero attached hydrogens (tertiary/aromatic N) is 4. The first-order chi connectivity index (χ1) is 7.75. The Labute approximate surface area is 91.2 Å². The van der Waals surface area contributed by atoms with Crippen LogP contribution in [-0.4, -0.2) is 30.9 Å². The van der Waals surface area contributed by atoms with Gasteiger partial charge >= 0.3 is 0 Å². The third-order valence-electron chi connectivity index (χ3n) is 1.92. The van der Waals surface area contributed by atoms with E-state index in [9.17, 15) is 4.79 Å². The molecule has 2 N–H and O–H groups in total. The summed E-state index contributed by atoms with van der Waals surface area (Å²) in [5.41, 5.74) is 0.840. The van der Waals surface area contributed by atoms with Gasteiger partial charge in [-0.05, 0) is 12.1 Å². The molecule has 7 nitrogen and oxygen atoms in total. The molecule has 82 valence electrons. The minimum absolute atomic E-state index is 0.280. The van der Waals surface area contributed by atoms with Crippen LogP contribution in [-0.2, 0) is 11.8 Å². The van der Waals surface area contributed by atoms with Crippen LogP contribution in [0.4, 0.5) is 5.95 Å². The van der Waals surface area contributed by atoms with E-state index < -0.39 is 0 Å². The second kappa shape index (κ2) is 4.39. The number of aryl methyl sites for hydroxylation is 1. The highest BCUT2D eigenvalue weighted by atomic mass is 16.1. The lowest BCUT2D eigenvalue weighted by molar-refractivity contribution is -0.111. The zero-order valence-electron chi connectivity index (χ0n) is 8.58. The molecule has 0 bridgehead atoms. The molecule has 1 amide bonds. The van der Waals surface area contributed by atoms with Crippen LogP contribution >= 0.6 is 0 Å². The standard InChI is InChI=1S/C9H10N6O/c1-15-7(4-5-12-15)2-3-8(16)13-9-10-6-11-14-9/h2-6H,1H3,(H2,10,11,13,14,16). The molecule has 2 aromatic heterocycles. The average Bonchev–Trinajstić information content (AvgIpc) is 2.87. The van der Waals surface area contributed by atoms with Gasteiger partial charge in [-0.1, -0.05) is 0 Å². The number of nitrogens with one attached hydrogen (secondary N) is 2. The number of H-pyrrole nitrogens is 1. The molecule has 0 spiro atoms. The summed E-state index contributed by atoms with van der Waals surface area (Å²) in [6.07, 6.45) is 6.05. The van der Waals surface area contributed by atoms with Gasteiger partial charge in [0.15, 0.2) is 0 Å². The Hall–Kier alpha value is -2.44. The number of rotatable bonds is 3. The summed E-state index contributed by atoms with van der Waals surface area (Å²) in [5.74, 6) is 0.0395. The highest BCUT2D eigenvalue weighted by Gasteiger charge is 2.00. The van der Waals surface area contributed by atoms with E-state index in [1.165, 1.54) is 12.4 Å². The molecule has 7 heteroatoms. The summed E-state index contributed by atoms with van der Waals surface area (Å²) in [7, 11) is 1.80. The van der Waals surface area contributed by atoms with Gasteiger partial charge in [-0.2, -0.15) is 15.2 Å². The van der Waals surface area contributed by atoms with Gasteiger partial charge in [-0.15, -0.1) is 0 Å². The van der Waals surface area contributed by atoms with Crippen LogP contribution in [0, 0.1) is 0 Å². The molecule has 16 heavy (non-hydrogen) atoms. The highest BCUT2D eigenvalue weighted by molar-refractivity contribution is 6.00. The van der Waals surface area contributed by atoms with E-state index in [-0.39, 0.29) is 5.91 Å². The fourth-order valence-electron chi connectivity index (χ4n) is 1.13. The molecule has 0 saturated heterocycles.